The van der Waals surface area contributed by atoms with Gasteiger partial charge in [0.15, 0.2) is 11.6 Å². The molecule has 0 amide bonds. The third-order valence-electron chi connectivity index (χ3n) is 4.28. The number of halogens is 2. The third kappa shape index (κ3) is 4.87. The van der Waals surface area contributed by atoms with Crippen LogP contribution in [0.15, 0.2) is 54.7 Å². The topological polar surface area (TPSA) is 53.4 Å². The van der Waals surface area contributed by atoms with Crippen molar-refractivity contribution in [3.05, 3.63) is 83.2 Å². The Labute approximate surface area is 167 Å². The predicted molar refractivity (Wildman–Crippen MR) is 105 cm³/mol. The highest BCUT2D eigenvalue weighted by Gasteiger charge is 2.10. The van der Waals surface area contributed by atoms with Crippen LogP contribution in [0.2, 0.25) is 0 Å². The minimum absolute atomic E-state index is 0.0178. The van der Waals surface area contributed by atoms with Gasteiger partial charge in [0, 0.05) is 24.4 Å². The van der Waals surface area contributed by atoms with Gasteiger partial charge in [-0.2, -0.15) is 5.10 Å². The standard InChI is InChI=1S/C22H20F2N2O3/c1-3-26-19(10-11-25-26)20(27)7-4-15-5-8-21(28-2)16(12-15)14-29-22-9-6-17(23)13-18(22)24/h4-13H,3,14H2,1-2H3/b7-4+. The summed E-state index contributed by atoms with van der Waals surface area (Å²) in [5.41, 5.74) is 1.91. The molecular formula is C22H20F2N2O3. The molecule has 0 fully saturated rings. The number of allylic oxidation sites excluding steroid dienone is 1. The Balaban J connectivity index is 1.76. The quantitative estimate of drug-likeness (QED) is 0.409. The van der Waals surface area contributed by atoms with Gasteiger partial charge in [0.2, 0.25) is 5.78 Å². The van der Waals surface area contributed by atoms with Crippen molar-refractivity contribution >= 4 is 11.9 Å². The second-order valence-electron chi connectivity index (χ2n) is 6.16. The molecule has 0 saturated carbocycles. The summed E-state index contributed by atoms with van der Waals surface area (Å²) in [7, 11) is 1.52. The molecule has 150 valence electrons. The average Bonchev–Trinajstić information content (AvgIpc) is 3.20. The highest BCUT2D eigenvalue weighted by atomic mass is 19.1. The first-order valence-electron chi connectivity index (χ1n) is 9.00. The van der Waals surface area contributed by atoms with Crippen LogP contribution >= 0.6 is 0 Å². The maximum atomic E-state index is 13.8. The van der Waals surface area contributed by atoms with E-state index in [0.29, 0.717) is 23.6 Å². The van der Waals surface area contributed by atoms with Crippen LogP contribution in [0.25, 0.3) is 6.08 Å². The molecule has 1 heterocycles. The number of methoxy groups -OCH3 is 1. The molecular weight excluding hydrogens is 378 g/mol. The fourth-order valence-corrected chi connectivity index (χ4v) is 2.81. The van der Waals surface area contributed by atoms with E-state index in [0.717, 1.165) is 17.7 Å². The van der Waals surface area contributed by atoms with Gasteiger partial charge in [0.1, 0.15) is 23.9 Å². The first kappa shape index (κ1) is 20.3. The van der Waals surface area contributed by atoms with Gasteiger partial charge >= 0.3 is 0 Å². The Bertz CT molecular complexity index is 1040. The van der Waals surface area contributed by atoms with Crippen LogP contribution in [0, 0.1) is 11.6 Å². The van der Waals surface area contributed by atoms with Crippen molar-refractivity contribution in [3.63, 3.8) is 0 Å². The largest absolute Gasteiger partial charge is 0.496 e. The Morgan fingerprint density at radius 1 is 1.14 bits per heavy atom. The van der Waals surface area contributed by atoms with Crippen LogP contribution in [0.1, 0.15) is 28.5 Å². The van der Waals surface area contributed by atoms with Crippen molar-refractivity contribution in [1.29, 1.82) is 0 Å². The van der Waals surface area contributed by atoms with Crippen LogP contribution in [0.4, 0.5) is 8.78 Å². The number of nitrogens with zero attached hydrogens (tertiary/aromatic N) is 2. The van der Waals surface area contributed by atoms with Crippen molar-refractivity contribution in [3.8, 4) is 11.5 Å². The van der Waals surface area contributed by atoms with Crippen LogP contribution in [-0.4, -0.2) is 22.7 Å². The molecule has 0 spiro atoms. The zero-order valence-electron chi connectivity index (χ0n) is 16.1. The molecule has 0 bridgehead atoms. The van der Waals surface area contributed by atoms with E-state index >= 15 is 0 Å². The molecule has 3 aromatic rings. The van der Waals surface area contributed by atoms with Gasteiger partial charge in [0.25, 0.3) is 0 Å². The fraction of sp³-hybridized carbons (Fsp3) is 0.182. The zero-order valence-corrected chi connectivity index (χ0v) is 16.1. The second kappa shape index (κ2) is 9.14. The number of aromatic nitrogens is 2. The van der Waals surface area contributed by atoms with Crippen LogP contribution in [0.3, 0.4) is 0 Å². The lowest BCUT2D eigenvalue weighted by atomic mass is 10.1. The third-order valence-corrected chi connectivity index (χ3v) is 4.28. The van der Waals surface area contributed by atoms with Crippen LogP contribution in [0.5, 0.6) is 11.5 Å². The van der Waals surface area contributed by atoms with E-state index in [1.54, 1.807) is 41.2 Å². The van der Waals surface area contributed by atoms with Gasteiger partial charge in [-0.3, -0.25) is 9.48 Å². The number of carbonyl (C=O) groups is 1. The number of hydrogen-bond donors (Lipinski definition) is 0. The molecule has 7 heteroatoms. The predicted octanol–water partition coefficient (Wildman–Crippen LogP) is 4.66. The number of rotatable bonds is 8. The SMILES string of the molecule is CCn1nccc1C(=O)/C=C/c1ccc(OC)c(COc2ccc(F)cc2F)c1. The molecule has 29 heavy (non-hydrogen) atoms. The summed E-state index contributed by atoms with van der Waals surface area (Å²) in [6.45, 7) is 2.53. The zero-order chi connectivity index (χ0) is 20.8. The van der Waals surface area contributed by atoms with Crippen molar-refractivity contribution in [2.45, 2.75) is 20.1 Å². The number of benzene rings is 2. The van der Waals surface area contributed by atoms with Crippen molar-refractivity contribution in [2.24, 2.45) is 0 Å². The van der Waals surface area contributed by atoms with Crippen molar-refractivity contribution in [1.82, 2.24) is 9.78 Å². The van der Waals surface area contributed by atoms with Crippen molar-refractivity contribution < 1.29 is 23.0 Å². The van der Waals surface area contributed by atoms with E-state index in [2.05, 4.69) is 5.10 Å². The van der Waals surface area contributed by atoms with Gasteiger partial charge in [-0.15, -0.1) is 0 Å². The smallest absolute Gasteiger partial charge is 0.203 e. The lowest BCUT2D eigenvalue weighted by Gasteiger charge is -2.12. The maximum Gasteiger partial charge on any atom is 0.203 e. The molecule has 5 nitrogen and oxygen atoms in total. The molecule has 2 aromatic carbocycles. The molecule has 0 atom stereocenters. The summed E-state index contributed by atoms with van der Waals surface area (Å²) in [6.07, 6.45) is 4.73. The number of hydrogen-bond acceptors (Lipinski definition) is 4. The van der Waals surface area contributed by atoms with Gasteiger partial charge in [-0.25, -0.2) is 8.78 Å². The van der Waals surface area contributed by atoms with Gasteiger partial charge in [0.05, 0.1) is 7.11 Å². The number of ether oxygens (including phenoxy) is 2. The summed E-state index contributed by atoms with van der Waals surface area (Å²) >= 11 is 0. The molecule has 0 aliphatic carbocycles. The lowest BCUT2D eigenvalue weighted by molar-refractivity contribution is 0.103. The lowest BCUT2D eigenvalue weighted by Crippen LogP contribution is -2.07. The minimum atomic E-state index is -0.779. The van der Waals surface area contributed by atoms with E-state index < -0.39 is 11.6 Å². The van der Waals surface area contributed by atoms with Gasteiger partial charge in [-0.1, -0.05) is 12.1 Å². The Kier molecular flexibility index (Phi) is 6.39. The van der Waals surface area contributed by atoms with E-state index in [9.17, 15) is 13.6 Å². The summed E-state index contributed by atoms with van der Waals surface area (Å²) in [5, 5.41) is 4.09. The summed E-state index contributed by atoms with van der Waals surface area (Å²) in [5.74, 6) is -1.12. The number of aryl methyl sites for hydroxylation is 1. The number of carbonyl (C=O) groups excluding carboxylic acids is 1. The van der Waals surface area contributed by atoms with Crippen LogP contribution in [-0.2, 0) is 13.2 Å². The molecule has 0 N–H and O–H groups in total. The van der Waals surface area contributed by atoms with E-state index in [-0.39, 0.29) is 18.1 Å². The van der Waals surface area contributed by atoms with E-state index in [1.807, 2.05) is 6.92 Å². The van der Waals surface area contributed by atoms with E-state index in [1.165, 1.54) is 19.3 Å². The summed E-state index contributed by atoms with van der Waals surface area (Å²) in [4.78, 5) is 12.4. The highest BCUT2D eigenvalue weighted by Crippen LogP contribution is 2.24. The fourth-order valence-electron chi connectivity index (χ4n) is 2.81. The molecule has 0 aliphatic heterocycles. The Morgan fingerprint density at radius 2 is 1.93 bits per heavy atom. The molecule has 1 aromatic heterocycles. The first-order chi connectivity index (χ1) is 14.0. The number of ketones is 1. The average molecular weight is 398 g/mol. The summed E-state index contributed by atoms with van der Waals surface area (Å²) in [6, 6.07) is 10.1. The summed E-state index contributed by atoms with van der Waals surface area (Å²) < 4.78 is 39.2. The first-order valence-corrected chi connectivity index (χ1v) is 9.00. The molecule has 0 aliphatic rings. The van der Waals surface area contributed by atoms with Crippen molar-refractivity contribution in [2.75, 3.05) is 7.11 Å². The molecule has 0 unspecified atom stereocenters. The normalized spacial score (nSPS) is 11.0. The Morgan fingerprint density at radius 3 is 2.66 bits per heavy atom. The molecule has 3 rings (SSSR count). The van der Waals surface area contributed by atoms with Gasteiger partial charge < -0.3 is 9.47 Å². The second-order valence-corrected chi connectivity index (χ2v) is 6.16. The van der Waals surface area contributed by atoms with E-state index in [4.69, 9.17) is 9.47 Å². The Hall–Kier alpha value is -3.48. The van der Waals surface area contributed by atoms with Gasteiger partial charge in [-0.05, 0) is 48.9 Å². The monoisotopic (exact) mass is 398 g/mol. The minimum Gasteiger partial charge on any atom is -0.496 e. The highest BCUT2D eigenvalue weighted by molar-refractivity contribution is 6.05. The van der Waals surface area contributed by atoms with Crippen LogP contribution < -0.4 is 9.47 Å². The molecule has 0 saturated heterocycles. The molecule has 0 radical (unpaired) electrons. The maximum absolute atomic E-state index is 13.8.